The van der Waals surface area contributed by atoms with Gasteiger partial charge in [-0.3, -0.25) is 4.79 Å². The maximum absolute atomic E-state index is 11.4. The van der Waals surface area contributed by atoms with Crippen molar-refractivity contribution in [3.05, 3.63) is 0 Å². The molecule has 0 bridgehead atoms. The first-order chi connectivity index (χ1) is 5.54. The fourth-order valence-corrected chi connectivity index (χ4v) is 1.83. The quantitative estimate of drug-likeness (QED) is 0.586. The lowest BCUT2D eigenvalue weighted by molar-refractivity contribution is -0.130. The Morgan fingerprint density at radius 3 is 2.58 bits per heavy atom. The van der Waals surface area contributed by atoms with Gasteiger partial charge in [0.15, 0.2) is 0 Å². The number of likely N-dealkylation sites (tertiary alicyclic amines) is 1. The van der Waals surface area contributed by atoms with Crippen molar-refractivity contribution in [2.75, 3.05) is 6.54 Å². The summed E-state index contributed by atoms with van der Waals surface area (Å²) < 4.78 is 0. The molecular formula is C9H14N2O. The van der Waals surface area contributed by atoms with Crippen LogP contribution >= 0.6 is 0 Å². The van der Waals surface area contributed by atoms with Gasteiger partial charge in [-0.2, -0.15) is 5.26 Å². The van der Waals surface area contributed by atoms with Gasteiger partial charge < -0.3 is 4.90 Å². The van der Waals surface area contributed by atoms with Crippen LogP contribution in [0.15, 0.2) is 0 Å². The smallest absolute Gasteiger partial charge is 0.224 e. The van der Waals surface area contributed by atoms with E-state index < -0.39 is 0 Å². The second kappa shape index (κ2) is 2.78. The first-order valence-corrected chi connectivity index (χ1v) is 4.24. The molecule has 12 heavy (non-hydrogen) atoms. The first kappa shape index (κ1) is 9.05. The van der Waals surface area contributed by atoms with Crippen molar-refractivity contribution in [1.82, 2.24) is 4.90 Å². The molecule has 1 rings (SSSR count). The molecule has 0 radical (unpaired) electrons. The molecule has 0 spiro atoms. The number of carbonyl (C=O) groups excluding carboxylic acids is 1. The van der Waals surface area contributed by atoms with E-state index in [0.717, 1.165) is 0 Å². The van der Waals surface area contributed by atoms with E-state index >= 15 is 0 Å². The molecule has 1 atom stereocenters. The SMILES string of the molecule is CCN1C(=O)CC(C#N)C1(C)C. The number of nitriles is 1. The van der Waals surface area contributed by atoms with Crippen LogP contribution in [-0.2, 0) is 4.79 Å². The van der Waals surface area contributed by atoms with Gasteiger partial charge in [0.1, 0.15) is 0 Å². The summed E-state index contributed by atoms with van der Waals surface area (Å²) in [5.74, 6) is -0.0426. The molecule has 3 heteroatoms. The minimum absolute atomic E-state index is 0.106. The van der Waals surface area contributed by atoms with E-state index in [1.807, 2.05) is 20.8 Å². The highest BCUT2D eigenvalue weighted by molar-refractivity contribution is 5.80. The third-order valence-corrected chi connectivity index (χ3v) is 2.70. The second-order valence-electron chi connectivity index (χ2n) is 3.68. The first-order valence-electron chi connectivity index (χ1n) is 4.24. The molecule has 1 aliphatic heterocycles. The van der Waals surface area contributed by atoms with Crippen LogP contribution in [0.3, 0.4) is 0 Å². The molecule has 1 unspecified atom stereocenters. The Kier molecular flexibility index (Phi) is 2.10. The Bertz CT molecular complexity index is 239. The van der Waals surface area contributed by atoms with Crippen LogP contribution in [0.5, 0.6) is 0 Å². The Balaban J connectivity index is 2.93. The zero-order valence-electron chi connectivity index (χ0n) is 7.79. The van der Waals surface area contributed by atoms with Crippen LogP contribution in [0.25, 0.3) is 0 Å². The summed E-state index contributed by atoms with van der Waals surface area (Å²) in [6.45, 7) is 6.55. The molecule has 3 nitrogen and oxygen atoms in total. The zero-order valence-corrected chi connectivity index (χ0v) is 7.79. The van der Waals surface area contributed by atoms with Gasteiger partial charge in [0.05, 0.1) is 17.5 Å². The highest BCUT2D eigenvalue weighted by atomic mass is 16.2. The van der Waals surface area contributed by atoms with E-state index in [2.05, 4.69) is 6.07 Å². The van der Waals surface area contributed by atoms with Gasteiger partial charge in [-0.05, 0) is 20.8 Å². The van der Waals surface area contributed by atoms with Crippen molar-refractivity contribution in [2.24, 2.45) is 5.92 Å². The lowest BCUT2D eigenvalue weighted by atomic mass is 9.90. The molecule has 1 saturated heterocycles. The maximum atomic E-state index is 11.4. The number of carbonyl (C=O) groups is 1. The van der Waals surface area contributed by atoms with E-state index in [1.54, 1.807) is 4.90 Å². The predicted molar refractivity (Wildman–Crippen MR) is 45.2 cm³/mol. The van der Waals surface area contributed by atoms with Gasteiger partial charge in [-0.15, -0.1) is 0 Å². The zero-order chi connectivity index (χ0) is 9.35. The van der Waals surface area contributed by atoms with Crippen molar-refractivity contribution in [3.63, 3.8) is 0 Å². The van der Waals surface area contributed by atoms with Crippen molar-refractivity contribution in [3.8, 4) is 6.07 Å². The van der Waals surface area contributed by atoms with Crippen molar-refractivity contribution < 1.29 is 4.79 Å². The lowest BCUT2D eigenvalue weighted by Crippen LogP contribution is -2.43. The number of hydrogen-bond donors (Lipinski definition) is 0. The van der Waals surface area contributed by atoms with E-state index in [4.69, 9.17) is 5.26 Å². The van der Waals surface area contributed by atoms with Crippen LogP contribution in [-0.4, -0.2) is 22.9 Å². The van der Waals surface area contributed by atoms with Crippen LogP contribution in [0.4, 0.5) is 0 Å². The minimum atomic E-state index is -0.277. The van der Waals surface area contributed by atoms with Gasteiger partial charge in [0, 0.05) is 13.0 Å². The lowest BCUT2D eigenvalue weighted by Gasteiger charge is -2.32. The molecule has 0 aromatic rings. The summed E-state index contributed by atoms with van der Waals surface area (Å²) in [6.07, 6.45) is 0.386. The average Bonchev–Trinajstić information content (AvgIpc) is 2.21. The number of nitrogens with zero attached hydrogens (tertiary/aromatic N) is 2. The number of hydrogen-bond acceptors (Lipinski definition) is 2. The van der Waals surface area contributed by atoms with Crippen LogP contribution in [0.1, 0.15) is 27.2 Å². The molecule has 0 saturated carbocycles. The van der Waals surface area contributed by atoms with E-state index in [9.17, 15) is 4.79 Å². The Labute approximate surface area is 73.0 Å². The Morgan fingerprint density at radius 1 is 1.75 bits per heavy atom. The van der Waals surface area contributed by atoms with Gasteiger partial charge >= 0.3 is 0 Å². The number of rotatable bonds is 1. The molecule has 1 heterocycles. The molecule has 0 aliphatic carbocycles. The Hall–Kier alpha value is -1.04. The van der Waals surface area contributed by atoms with Crippen molar-refractivity contribution >= 4 is 5.91 Å². The van der Waals surface area contributed by atoms with Crippen molar-refractivity contribution in [2.45, 2.75) is 32.7 Å². The summed E-state index contributed by atoms with van der Waals surface area (Å²) in [6, 6.07) is 2.19. The minimum Gasteiger partial charge on any atom is -0.336 e. The van der Waals surface area contributed by atoms with E-state index in [1.165, 1.54) is 0 Å². The second-order valence-corrected chi connectivity index (χ2v) is 3.68. The molecule has 0 aromatic heterocycles. The highest BCUT2D eigenvalue weighted by Gasteiger charge is 2.45. The molecule has 0 aromatic carbocycles. The monoisotopic (exact) mass is 166 g/mol. The maximum Gasteiger partial charge on any atom is 0.224 e. The molecule has 1 amide bonds. The van der Waals surface area contributed by atoms with E-state index in [-0.39, 0.29) is 17.4 Å². The van der Waals surface area contributed by atoms with Gasteiger partial charge in [0.2, 0.25) is 5.91 Å². The molecule has 1 aliphatic rings. The fraction of sp³-hybridized carbons (Fsp3) is 0.778. The topological polar surface area (TPSA) is 44.1 Å². The van der Waals surface area contributed by atoms with Gasteiger partial charge in [-0.1, -0.05) is 0 Å². The van der Waals surface area contributed by atoms with Crippen LogP contribution in [0, 0.1) is 17.2 Å². The highest BCUT2D eigenvalue weighted by Crippen LogP contribution is 2.34. The molecule has 66 valence electrons. The third kappa shape index (κ3) is 1.08. The molecule has 1 fully saturated rings. The van der Waals surface area contributed by atoms with Crippen molar-refractivity contribution in [1.29, 1.82) is 5.26 Å². The van der Waals surface area contributed by atoms with Gasteiger partial charge in [-0.25, -0.2) is 0 Å². The van der Waals surface area contributed by atoms with Crippen LogP contribution in [0.2, 0.25) is 0 Å². The van der Waals surface area contributed by atoms with Crippen LogP contribution < -0.4 is 0 Å². The summed E-state index contributed by atoms with van der Waals surface area (Å²) in [4.78, 5) is 13.1. The van der Waals surface area contributed by atoms with Gasteiger partial charge in [0.25, 0.3) is 0 Å². The fourth-order valence-electron chi connectivity index (χ4n) is 1.83. The average molecular weight is 166 g/mol. The predicted octanol–water partition coefficient (Wildman–Crippen LogP) is 1.16. The molecule has 0 N–H and O–H groups in total. The van der Waals surface area contributed by atoms with E-state index in [0.29, 0.717) is 13.0 Å². The molecular weight excluding hydrogens is 152 g/mol. The third-order valence-electron chi connectivity index (χ3n) is 2.70. The standard InChI is InChI=1S/C9H14N2O/c1-4-11-8(12)5-7(6-10)9(11,2)3/h7H,4-5H2,1-3H3. The summed E-state index contributed by atoms with van der Waals surface area (Å²) in [7, 11) is 0. The number of amides is 1. The summed E-state index contributed by atoms with van der Waals surface area (Å²) in [5.41, 5.74) is -0.277. The Morgan fingerprint density at radius 2 is 2.33 bits per heavy atom. The normalized spacial score (nSPS) is 27.3. The summed E-state index contributed by atoms with van der Waals surface area (Å²) in [5, 5.41) is 8.80. The largest absolute Gasteiger partial charge is 0.336 e. The summed E-state index contributed by atoms with van der Waals surface area (Å²) >= 11 is 0.